The fourth-order valence-corrected chi connectivity index (χ4v) is 2.58. The molecule has 0 aliphatic carbocycles. The molecule has 0 unspecified atom stereocenters. The van der Waals surface area contributed by atoms with E-state index < -0.39 is 0 Å². The number of carbonyl (C=O) groups is 1. The molecule has 1 aliphatic rings. The van der Waals surface area contributed by atoms with Crippen molar-refractivity contribution in [2.75, 3.05) is 13.2 Å². The van der Waals surface area contributed by atoms with E-state index in [2.05, 4.69) is 32.4 Å². The Labute approximate surface area is 145 Å². The molecule has 0 spiro atoms. The summed E-state index contributed by atoms with van der Waals surface area (Å²) in [5, 5.41) is 4.47. The van der Waals surface area contributed by atoms with Crippen LogP contribution in [0.1, 0.15) is 46.2 Å². The summed E-state index contributed by atoms with van der Waals surface area (Å²) in [6.07, 6.45) is 5.26. The molecule has 1 amide bonds. The largest absolute Gasteiger partial charge is 0.472 e. The van der Waals surface area contributed by atoms with Gasteiger partial charge in [0.25, 0.3) is 0 Å². The van der Waals surface area contributed by atoms with Gasteiger partial charge in [-0.2, -0.15) is 0 Å². The van der Waals surface area contributed by atoms with E-state index in [1.54, 1.807) is 6.08 Å². The minimum atomic E-state index is 0.184. The van der Waals surface area contributed by atoms with Crippen LogP contribution in [0.15, 0.2) is 30.4 Å². The summed E-state index contributed by atoms with van der Waals surface area (Å²) in [7, 11) is 0. The standard InChI is InChI=1S/C19H29N3O2/c1-6-15(7-2)14-24-17-12-16-13-21(10-11-22(16)20-17)18(23)8-9-19(3,4)5/h6-7,12H,1,8-11,13-14H2,2-5H3/b15-7+. The number of fused-ring (bicyclic) bond motifs is 1. The van der Waals surface area contributed by atoms with E-state index in [0.717, 1.165) is 24.2 Å². The first-order valence-electron chi connectivity index (χ1n) is 8.57. The van der Waals surface area contributed by atoms with Gasteiger partial charge in [-0.25, -0.2) is 0 Å². The van der Waals surface area contributed by atoms with Crippen LogP contribution < -0.4 is 4.74 Å². The van der Waals surface area contributed by atoms with E-state index in [9.17, 15) is 4.79 Å². The Hall–Kier alpha value is -2.04. The van der Waals surface area contributed by atoms with E-state index in [1.807, 2.05) is 28.6 Å². The average Bonchev–Trinajstić information content (AvgIpc) is 2.94. The first-order chi connectivity index (χ1) is 11.3. The summed E-state index contributed by atoms with van der Waals surface area (Å²) in [6.45, 7) is 14.7. The Kier molecular flexibility index (Phi) is 5.86. The SMILES string of the molecule is C=C/C(=C\C)COc1cc2n(n1)CCN(C(=O)CCC(C)(C)C)C2. The molecule has 132 valence electrons. The number of amides is 1. The average molecular weight is 331 g/mol. The van der Waals surface area contributed by atoms with Gasteiger partial charge in [-0.1, -0.05) is 39.5 Å². The summed E-state index contributed by atoms with van der Waals surface area (Å²) in [5.74, 6) is 0.831. The van der Waals surface area contributed by atoms with E-state index in [1.165, 1.54) is 0 Å². The molecular formula is C19H29N3O2. The van der Waals surface area contributed by atoms with E-state index >= 15 is 0 Å². The van der Waals surface area contributed by atoms with Crippen LogP contribution in [0.4, 0.5) is 0 Å². The molecule has 1 aromatic heterocycles. The number of hydrogen-bond donors (Lipinski definition) is 0. The predicted molar refractivity (Wildman–Crippen MR) is 95.8 cm³/mol. The van der Waals surface area contributed by atoms with Crippen LogP contribution in [0.25, 0.3) is 0 Å². The lowest BCUT2D eigenvalue weighted by Gasteiger charge is -2.28. The molecule has 24 heavy (non-hydrogen) atoms. The van der Waals surface area contributed by atoms with Crippen LogP contribution >= 0.6 is 0 Å². The number of allylic oxidation sites excluding steroid dienone is 1. The highest BCUT2D eigenvalue weighted by Crippen LogP contribution is 2.23. The summed E-state index contributed by atoms with van der Waals surface area (Å²) in [5.41, 5.74) is 2.24. The van der Waals surface area contributed by atoms with E-state index in [4.69, 9.17) is 4.74 Å². The third-order valence-electron chi connectivity index (χ3n) is 4.24. The van der Waals surface area contributed by atoms with Gasteiger partial charge in [0.05, 0.1) is 18.8 Å². The zero-order chi connectivity index (χ0) is 17.7. The Bertz CT molecular complexity index is 623. The molecule has 2 heterocycles. The van der Waals surface area contributed by atoms with Crippen LogP contribution in [-0.4, -0.2) is 33.7 Å². The fourth-order valence-electron chi connectivity index (χ4n) is 2.58. The maximum Gasteiger partial charge on any atom is 0.233 e. The molecular weight excluding hydrogens is 302 g/mol. The fraction of sp³-hybridized carbons (Fsp3) is 0.579. The summed E-state index contributed by atoms with van der Waals surface area (Å²) < 4.78 is 7.65. The molecule has 1 aromatic rings. The Morgan fingerprint density at radius 1 is 1.42 bits per heavy atom. The molecule has 5 nitrogen and oxygen atoms in total. The predicted octanol–water partition coefficient (Wildman–Crippen LogP) is 3.56. The third-order valence-corrected chi connectivity index (χ3v) is 4.24. The van der Waals surface area contributed by atoms with Crippen molar-refractivity contribution in [3.63, 3.8) is 0 Å². The van der Waals surface area contributed by atoms with Crippen molar-refractivity contribution >= 4 is 5.91 Å². The Morgan fingerprint density at radius 2 is 2.17 bits per heavy atom. The molecule has 0 aromatic carbocycles. The Balaban J connectivity index is 1.93. The molecule has 0 radical (unpaired) electrons. The van der Waals surface area contributed by atoms with Crippen molar-refractivity contribution in [2.24, 2.45) is 5.41 Å². The molecule has 2 rings (SSSR count). The summed E-state index contributed by atoms with van der Waals surface area (Å²) >= 11 is 0. The zero-order valence-electron chi connectivity index (χ0n) is 15.3. The van der Waals surface area contributed by atoms with Gasteiger partial charge in [0.1, 0.15) is 6.61 Å². The van der Waals surface area contributed by atoms with Gasteiger partial charge in [-0.3, -0.25) is 9.48 Å². The van der Waals surface area contributed by atoms with Gasteiger partial charge in [0, 0.05) is 19.0 Å². The minimum absolute atomic E-state index is 0.184. The molecule has 0 fully saturated rings. The van der Waals surface area contributed by atoms with Crippen LogP contribution in [0.3, 0.4) is 0 Å². The summed E-state index contributed by atoms with van der Waals surface area (Å²) in [4.78, 5) is 14.3. The maximum atomic E-state index is 12.4. The van der Waals surface area contributed by atoms with Crippen LogP contribution in [-0.2, 0) is 17.9 Å². The second-order valence-electron chi connectivity index (χ2n) is 7.43. The van der Waals surface area contributed by atoms with Gasteiger partial charge < -0.3 is 9.64 Å². The number of carbonyl (C=O) groups excluding carboxylic acids is 1. The van der Waals surface area contributed by atoms with Gasteiger partial charge in [0.15, 0.2) is 0 Å². The lowest BCUT2D eigenvalue weighted by molar-refractivity contribution is -0.133. The Morgan fingerprint density at radius 3 is 2.79 bits per heavy atom. The van der Waals surface area contributed by atoms with Gasteiger partial charge >= 0.3 is 0 Å². The normalized spacial score (nSPS) is 15.2. The van der Waals surface area contributed by atoms with Crippen LogP contribution in [0.2, 0.25) is 0 Å². The molecule has 0 atom stereocenters. The van der Waals surface area contributed by atoms with Crippen molar-refractivity contribution < 1.29 is 9.53 Å². The van der Waals surface area contributed by atoms with Crippen molar-refractivity contribution in [1.29, 1.82) is 0 Å². The second-order valence-corrected chi connectivity index (χ2v) is 7.43. The van der Waals surface area contributed by atoms with Gasteiger partial charge in [-0.15, -0.1) is 5.10 Å². The number of rotatable bonds is 6. The minimum Gasteiger partial charge on any atom is -0.472 e. The van der Waals surface area contributed by atoms with Crippen LogP contribution in [0, 0.1) is 5.41 Å². The van der Waals surface area contributed by atoms with Crippen LogP contribution in [0.5, 0.6) is 5.88 Å². The highest BCUT2D eigenvalue weighted by Gasteiger charge is 2.23. The van der Waals surface area contributed by atoms with Gasteiger partial charge in [0.2, 0.25) is 11.8 Å². The van der Waals surface area contributed by atoms with E-state index in [0.29, 0.717) is 32.0 Å². The van der Waals surface area contributed by atoms with Crippen molar-refractivity contribution in [3.05, 3.63) is 36.1 Å². The highest BCUT2D eigenvalue weighted by molar-refractivity contribution is 5.76. The quantitative estimate of drug-likeness (QED) is 0.749. The molecule has 0 saturated carbocycles. The van der Waals surface area contributed by atoms with Crippen molar-refractivity contribution in [1.82, 2.24) is 14.7 Å². The lowest BCUT2D eigenvalue weighted by Crippen LogP contribution is -2.38. The van der Waals surface area contributed by atoms with Crippen molar-refractivity contribution in [3.8, 4) is 5.88 Å². The topological polar surface area (TPSA) is 47.4 Å². The summed E-state index contributed by atoms with van der Waals surface area (Å²) in [6, 6.07) is 1.93. The lowest BCUT2D eigenvalue weighted by atomic mass is 9.90. The number of hydrogen-bond acceptors (Lipinski definition) is 3. The molecule has 0 N–H and O–H groups in total. The molecule has 0 saturated heterocycles. The first kappa shape index (κ1) is 18.3. The number of nitrogens with zero attached hydrogens (tertiary/aromatic N) is 3. The maximum absolute atomic E-state index is 12.4. The number of aromatic nitrogens is 2. The van der Waals surface area contributed by atoms with Gasteiger partial charge in [-0.05, 0) is 24.3 Å². The molecule has 0 bridgehead atoms. The zero-order valence-corrected chi connectivity index (χ0v) is 15.3. The third kappa shape index (κ3) is 4.98. The van der Waals surface area contributed by atoms with Crippen molar-refractivity contribution in [2.45, 2.75) is 53.6 Å². The first-order valence-corrected chi connectivity index (χ1v) is 8.57. The molecule has 1 aliphatic heterocycles. The number of ether oxygens (including phenoxy) is 1. The second kappa shape index (κ2) is 7.69. The monoisotopic (exact) mass is 331 g/mol. The smallest absolute Gasteiger partial charge is 0.233 e. The highest BCUT2D eigenvalue weighted by atomic mass is 16.5. The van der Waals surface area contributed by atoms with E-state index in [-0.39, 0.29) is 11.3 Å². The molecule has 5 heteroatoms.